The van der Waals surface area contributed by atoms with Crippen molar-refractivity contribution in [2.75, 3.05) is 35.3 Å². The highest BCUT2D eigenvalue weighted by atomic mass is 32.2. The number of pyridine rings is 1. The van der Waals surface area contributed by atoms with Gasteiger partial charge in [-0.2, -0.15) is 0 Å². The number of nitrogens with one attached hydrogen (secondary N) is 2. The Labute approximate surface area is 205 Å². The van der Waals surface area contributed by atoms with Gasteiger partial charge < -0.3 is 15.5 Å². The number of hydrogen-bond donors (Lipinski definition) is 2. The van der Waals surface area contributed by atoms with Gasteiger partial charge in [-0.1, -0.05) is 12.1 Å². The van der Waals surface area contributed by atoms with E-state index >= 15 is 0 Å². The smallest absolute Gasteiger partial charge is 0.331 e. The number of hydrogen-bond acceptors (Lipinski definition) is 7. The third-order valence-electron chi connectivity index (χ3n) is 5.97. The molecule has 0 radical (unpaired) electrons. The quantitative estimate of drug-likeness (QED) is 0.522. The van der Waals surface area contributed by atoms with Gasteiger partial charge in [-0.15, -0.1) is 11.3 Å². The molecule has 2 aliphatic rings. The Bertz CT molecular complexity index is 1480. The predicted octanol–water partition coefficient (Wildman–Crippen LogP) is 2.66. The van der Waals surface area contributed by atoms with Crippen LogP contribution in [-0.2, 0) is 14.6 Å². The maximum atomic E-state index is 13.1. The third-order valence-corrected chi connectivity index (χ3v) is 8.01. The van der Waals surface area contributed by atoms with Crippen molar-refractivity contribution in [3.05, 3.63) is 47.0 Å². The molecular formula is C23H23N5O5S2. The monoisotopic (exact) mass is 513 g/mol. The van der Waals surface area contributed by atoms with Gasteiger partial charge >= 0.3 is 6.03 Å². The van der Waals surface area contributed by atoms with Crippen molar-refractivity contribution in [2.45, 2.75) is 19.4 Å². The number of rotatable bonds is 6. The fourth-order valence-corrected chi connectivity index (χ4v) is 5.79. The standard InChI is InChI=1S/C23H23N5O5S2/c1-13-4-3-5-15(10-13)28-16-6-8-24-22-18(16)19(26-23(28)31)20(34-22)21(30)25-14-11-27(12-14)17(29)7-9-35(2,32)33/h3-6,8,10,14H,7,9,11-12H2,1-2H3,(H,25,30)(H,26,31). The van der Waals surface area contributed by atoms with Crippen LogP contribution in [0.4, 0.5) is 21.9 Å². The molecule has 12 heteroatoms. The summed E-state index contributed by atoms with van der Waals surface area (Å²) in [5.41, 5.74) is 2.81. The van der Waals surface area contributed by atoms with E-state index in [1.165, 1.54) is 16.2 Å². The van der Waals surface area contributed by atoms with Crippen molar-refractivity contribution in [3.8, 4) is 0 Å². The number of sulfone groups is 1. The molecule has 2 aliphatic heterocycles. The van der Waals surface area contributed by atoms with Gasteiger partial charge in [-0.25, -0.2) is 18.2 Å². The highest BCUT2D eigenvalue weighted by Gasteiger charge is 2.36. The second kappa shape index (κ2) is 8.61. The molecule has 3 aromatic rings. The predicted molar refractivity (Wildman–Crippen MR) is 134 cm³/mol. The maximum absolute atomic E-state index is 13.1. The summed E-state index contributed by atoms with van der Waals surface area (Å²) in [5, 5.41) is 6.47. The zero-order valence-electron chi connectivity index (χ0n) is 19.1. The van der Waals surface area contributed by atoms with Crippen LogP contribution in [0.15, 0.2) is 36.5 Å². The number of urea groups is 1. The number of amides is 4. The number of carbonyl (C=O) groups excluding carboxylic acids is 3. The second-order valence-corrected chi connectivity index (χ2v) is 12.0. The van der Waals surface area contributed by atoms with E-state index in [4.69, 9.17) is 0 Å². The van der Waals surface area contributed by atoms with E-state index in [0.29, 0.717) is 45.2 Å². The highest BCUT2D eigenvalue weighted by Crippen LogP contribution is 2.45. The Morgan fingerprint density at radius 1 is 1.26 bits per heavy atom. The minimum Gasteiger partial charge on any atom is -0.345 e. The van der Waals surface area contributed by atoms with E-state index in [1.54, 1.807) is 17.2 Å². The van der Waals surface area contributed by atoms with Crippen LogP contribution < -0.4 is 15.5 Å². The summed E-state index contributed by atoms with van der Waals surface area (Å²) in [6.07, 6.45) is 2.64. The Balaban J connectivity index is 1.34. The number of carbonyl (C=O) groups is 3. The lowest BCUT2D eigenvalue weighted by molar-refractivity contribution is -0.135. The van der Waals surface area contributed by atoms with Crippen LogP contribution in [0, 0.1) is 6.92 Å². The van der Waals surface area contributed by atoms with E-state index < -0.39 is 9.84 Å². The van der Waals surface area contributed by atoms with Crippen LogP contribution in [0.1, 0.15) is 21.7 Å². The molecule has 0 aliphatic carbocycles. The first-order valence-electron chi connectivity index (χ1n) is 11.0. The number of anilines is 3. The molecule has 35 heavy (non-hydrogen) atoms. The fraction of sp³-hybridized carbons (Fsp3) is 0.304. The Morgan fingerprint density at radius 2 is 2.03 bits per heavy atom. The number of thiophene rings is 1. The molecule has 2 N–H and O–H groups in total. The minimum atomic E-state index is -3.21. The lowest BCUT2D eigenvalue weighted by atomic mass is 10.1. The second-order valence-electron chi connectivity index (χ2n) is 8.77. The molecule has 4 amide bonds. The van der Waals surface area contributed by atoms with Crippen molar-refractivity contribution < 1.29 is 22.8 Å². The molecule has 10 nitrogen and oxygen atoms in total. The molecule has 4 heterocycles. The first kappa shape index (κ1) is 23.2. The Kier molecular flexibility index (Phi) is 5.72. The van der Waals surface area contributed by atoms with Gasteiger partial charge in [0.15, 0.2) is 0 Å². The topological polar surface area (TPSA) is 129 Å². The summed E-state index contributed by atoms with van der Waals surface area (Å²) in [4.78, 5) is 46.8. The molecule has 0 bridgehead atoms. The van der Waals surface area contributed by atoms with Crippen molar-refractivity contribution in [3.63, 3.8) is 0 Å². The van der Waals surface area contributed by atoms with Crippen molar-refractivity contribution >= 4 is 66.3 Å². The summed E-state index contributed by atoms with van der Waals surface area (Å²) in [7, 11) is -3.21. The van der Waals surface area contributed by atoms with Gasteiger partial charge in [-0.05, 0) is 30.7 Å². The van der Waals surface area contributed by atoms with Crippen molar-refractivity contribution in [1.82, 2.24) is 15.2 Å². The first-order chi connectivity index (χ1) is 16.6. The fourth-order valence-electron chi connectivity index (χ4n) is 4.22. The molecule has 2 aromatic heterocycles. The maximum Gasteiger partial charge on any atom is 0.331 e. The van der Waals surface area contributed by atoms with Crippen molar-refractivity contribution in [2.24, 2.45) is 0 Å². The van der Waals surface area contributed by atoms with Gasteiger partial charge in [-0.3, -0.25) is 14.5 Å². The summed E-state index contributed by atoms with van der Waals surface area (Å²) < 4.78 is 22.5. The summed E-state index contributed by atoms with van der Waals surface area (Å²) in [6.45, 7) is 2.57. The Morgan fingerprint density at radius 3 is 2.74 bits per heavy atom. The minimum absolute atomic E-state index is 0.0715. The van der Waals surface area contributed by atoms with E-state index in [9.17, 15) is 22.8 Å². The third kappa shape index (κ3) is 4.46. The van der Waals surface area contributed by atoms with Crippen LogP contribution in [0.5, 0.6) is 0 Å². The van der Waals surface area contributed by atoms with Crippen molar-refractivity contribution in [1.29, 1.82) is 0 Å². The van der Waals surface area contributed by atoms with Crippen LogP contribution in [0.3, 0.4) is 0 Å². The number of nitrogens with zero attached hydrogens (tertiary/aromatic N) is 3. The van der Waals surface area contributed by atoms with E-state index in [1.807, 2.05) is 31.2 Å². The summed E-state index contributed by atoms with van der Waals surface area (Å²) in [5.74, 6) is -0.805. The number of aromatic nitrogens is 1. The zero-order valence-corrected chi connectivity index (χ0v) is 20.7. The molecule has 0 unspecified atom stereocenters. The normalized spacial score (nSPS) is 15.7. The lowest BCUT2D eigenvalue weighted by Crippen LogP contribution is -2.61. The molecule has 0 atom stereocenters. The van der Waals surface area contributed by atoms with E-state index in [0.717, 1.165) is 11.8 Å². The van der Waals surface area contributed by atoms with Gasteiger partial charge in [0.25, 0.3) is 5.91 Å². The Hall–Kier alpha value is -3.51. The molecule has 1 fully saturated rings. The zero-order chi connectivity index (χ0) is 24.9. The average molecular weight is 514 g/mol. The largest absolute Gasteiger partial charge is 0.345 e. The van der Waals surface area contributed by atoms with E-state index in [-0.39, 0.29) is 36.1 Å². The molecule has 0 spiro atoms. The molecule has 182 valence electrons. The SMILES string of the molecule is Cc1cccc(N2C(=O)Nc3c(C(=O)NC4CN(C(=O)CCS(C)(=O)=O)C4)sc4nccc2c34)c1. The van der Waals surface area contributed by atoms with Crippen LogP contribution >= 0.6 is 11.3 Å². The highest BCUT2D eigenvalue weighted by molar-refractivity contribution is 7.90. The number of benzene rings is 1. The van der Waals surface area contributed by atoms with Gasteiger partial charge in [0.1, 0.15) is 19.5 Å². The van der Waals surface area contributed by atoms with Crippen LogP contribution in [0.25, 0.3) is 10.2 Å². The van der Waals surface area contributed by atoms with E-state index in [2.05, 4.69) is 15.6 Å². The summed E-state index contributed by atoms with van der Waals surface area (Å²) >= 11 is 1.20. The first-order valence-corrected chi connectivity index (χ1v) is 13.8. The van der Waals surface area contributed by atoms with Crippen LogP contribution in [0.2, 0.25) is 0 Å². The van der Waals surface area contributed by atoms with Gasteiger partial charge in [0.2, 0.25) is 5.91 Å². The average Bonchev–Trinajstić information content (AvgIpc) is 3.13. The molecule has 5 rings (SSSR count). The van der Waals surface area contributed by atoms with Gasteiger partial charge in [0, 0.05) is 32.0 Å². The molecule has 0 saturated carbocycles. The van der Waals surface area contributed by atoms with Crippen LogP contribution in [-0.4, -0.2) is 67.3 Å². The molecule has 1 aromatic carbocycles. The van der Waals surface area contributed by atoms with Gasteiger partial charge in [0.05, 0.1) is 34.2 Å². The summed E-state index contributed by atoms with van der Waals surface area (Å²) in [6, 6.07) is 8.73. The number of aryl methyl sites for hydroxylation is 1. The number of likely N-dealkylation sites (tertiary alicyclic amines) is 1. The molecular weight excluding hydrogens is 490 g/mol. The molecule has 1 saturated heterocycles. The lowest BCUT2D eigenvalue weighted by Gasteiger charge is -2.39.